The molecule has 30 heavy (non-hydrogen) atoms. The smallest absolute Gasteiger partial charge is 0.216 e. The molecule has 0 bridgehead atoms. The van der Waals surface area contributed by atoms with E-state index in [-0.39, 0.29) is 24.0 Å². The molecule has 0 atom stereocenters. The monoisotopic (exact) mass is 526 g/mol. The SMILES string of the molecule is CCNC(=NCc1ncc(-c2ccc(C)cc2)o1)NCC1(CCOC)CCCC1.I. The molecule has 1 aliphatic rings. The van der Waals surface area contributed by atoms with Crippen molar-refractivity contribution in [2.45, 2.75) is 52.5 Å². The Hall–Kier alpha value is -1.61. The molecule has 2 N–H and O–H groups in total. The number of nitrogens with one attached hydrogen (secondary N) is 2. The fraction of sp³-hybridized carbons (Fsp3) is 0.565. The molecule has 1 aromatic carbocycles. The van der Waals surface area contributed by atoms with Crippen LogP contribution in [0.3, 0.4) is 0 Å². The Labute approximate surface area is 197 Å². The van der Waals surface area contributed by atoms with Gasteiger partial charge in [-0.15, -0.1) is 24.0 Å². The molecular formula is C23H35IN4O2. The lowest BCUT2D eigenvalue weighted by atomic mass is 9.83. The molecule has 1 fully saturated rings. The standard InChI is InChI=1S/C23H34N4O2.HI/c1-4-24-22(27-17-23(13-14-28-3)11-5-6-12-23)26-16-21-25-15-20(29-21)19-9-7-18(2)8-10-19;/h7-10,15H,4-6,11-14,16-17H2,1-3H3,(H2,24,26,27);1H. The highest BCUT2D eigenvalue weighted by molar-refractivity contribution is 14.0. The first kappa shape index (κ1) is 24.7. The van der Waals surface area contributed by atoms with Gasteiger partial charge in [0.2, 0.25) is 5.89 Å². The summed E-state index contributed by atoms with van der Waals surface area (Å²) in [4.78, 5) is 9.08. The Morgan fingerprint density at radius 3 is 2.60 bits per heavy atom. The average molecular weight is 526 g/mol. The van der Waals surface area contributed by atoms with E-state index in [4.69, 9.17) is 9.15 Å². The molecule has 0 unspecified atom stereocenters. The minimum absolute atomic E-state index is 0. The highest BCUT2D eigenvalue weighted by Crippen LogP contribution is 2.40. The molecule has 7 heteroatoms. The lowest BCUT2D eigenvalue weighted by molar-refractivity contribution is 0.138. The van der Waals surface area contributed by atoms with Crippen molar-refractivity contribution in [3.8, 4) is 11.3 Å². The number of benzene rings is 1. The summed E-state index contributed by atoms with van der Waals surface area (Å²) in [7, 11) is 1.78. The number of halogens is 1. The molecule has 1 heterocycles. The van der Waals surface area contributed by atoms with Crippen molar-refractivity contribution in [3.05, 3.63) is 41.9 Å². The Morgan fingerprint density at radius 1 is 1.20 bits per heavy atom. The normalized spacial score (nSPS) is 15.6. The summed E-state index contributed by atoms with van der Waals surface area (Å²) < 4.78 is 11.2. The molecular weight excluding hydrogens is 491 g/mol. The first-order valence-corrected chi connectivity index (χ1v) is 10.7. The molecule has 0 saturated heterocycles. The Balaban J connectivity index is 0.00000320. The second-order valence-corrected chi connectivity index (χ2v) is 7.98. The highest BCUT2D eigenvalue weighted by Gasteiger charge is 2.33. The highest BCUT2D eigenvalue weighted by atomic mass is 127. The van der Waals surface area contributed by atoms with Crippen LogP contribution < -0.4 is 10.6 Å². The van der Waals surface area contributed by atoms with Gasteiger partial charge >= 0.3 is 0 Å². The molecule has 166 valence electrons. The number of aryl methyl sites for hydroxylation is 1. The summed E-state index contributed by atoms with van der Waals surface area (Å²) in [5.41, 5.74) is 2.57. The van der Waals surface area contributed by atoms with Crippen LogP contribution >= 0.6 is 24.0 Å². The minimum Gasteiger partial charge on any atom is -0.439 e. The molecule has 1 saturated carbocycles. The topological polar surface area (TPSA) is 71.7 Å². The number of hydrogen-bond acceptors (Lipinski definition) is 4. The third kappa shape index (κ3) is 6.97. The van der Waals surface area contributed by atoms with E-state index in [1.165, 1.54) is 31.2 Å². The van der Waals surface area contributed by atoms with Gasteiger partial charge in [-0.25, -0.2) is 9.98 Å². The van der Waals surface area contributed by atoms with Gasteiger partial charge in [0.25, 0.3) is 0 Å². The molecule has 0 amide bonds. The lowest BCUT2D eigenvalue weighted by Crippen LogP contribution is -2.43. The second-order valence-electron chi connectivity index (χ2n) is 7.98. The lowest BCUT2D eigenvalue weighted by Gasteiger charge is -2.29. The molecule has 0 radical (unpaired) electrons. The van der Waals surface area contributed by atoms with E-state index in [0.717, 1.165) is 43.4 Å². The summed E-state index contributed by atoms with van der Waals surface area (Å²) in [5, 5.41) is 6.87. The van der Waals surface area contributed by atoms with Gasteiger partial charge in [-0.05, 0) is 38.5 Å². The number of ether oxygens (including phenoxy) is 1. The summed E-state index contributed by atoms with van der Waals surface area (Å²) in [6.07, 6.45) is 7.98. The van der Waals surface area contributed by atoms with E-state index in [1.807, 2.05) is 0 Å². The number of aromatic nitrogens is 1. The molecule has 1 aliphatic carbocycles. The maximum absolute atomic E-state index is 5.90. The maximum atomic E-state index is 5.90. The van der Waals surface area contributed by atoms with Crippen molar-refractivity contribution >= 4 is 29.9 Å². The summed E-state index contributed by atoms with van der Waals surface area (Å²) in [5.74, 6) is 2.21. The van der Waals surface area contributed by atoms with Gasteiger partial charge in [0.05, 0.1) is 6.20 Å². The fourth-order valence-electron chi connectivity index (χ4n) is 3.95. The van der Waals surface area contributed by atoms with E-state index in [9.17, 15) is 0 Å². The number of nitrogens with zero attached hydrogens (tertiary/aromatic N) is 2. The summed E-state index contributed by atoms with van der Waals surface area (Å²) in [6.45, 7) is 7.11. The van der Waals surface area contributed by atoms with Crippen LogP contribution in [-0.2, 0) is 11.3 Å². The van der Waals surface area contributed by atoms with Gasteiger partial charge in [0.1, 0.15) is 6.54 Å². The molecule has 1 aromatic heterocycles. The first-order valence-electron chi connectivity index (χ1n) is 10.7. The van der Waals surface area contributed by atoms with Gasteiger partial charge in [-0.3, -0.25) is 0 Å². The number of guanidine groups is 1. The predicted molar refractivity (Wildman–Crippen MR) is 132 cm³/mol. The largest absolute Gasteiger partial charge is 0.439 e. The third-order valence-corrected chi connectivity index (χ3v) is 5.74. The number of hydrogen-bond donors (Lipinski definition) is 2. The van der Waals surface area contributed by atoms with Gasteiger partial charge in [-0.1, -0.05) is 42.7 Å². The Morgan fingerprint density at radius 2 is 1.93 bits per heavy atom. The number of rotatable bonds is 9. The predicted octanol–water partition coefficient (Wildman–Crippen LogP) is 4.92. The van der Waals surface area contributed by atoms with E-state index < -0.39 is 0 Å². The van der Waals surface area contributed by atoms with Crippen LogP contribution in [0.25, 0.3) is 11.3 Å². The van der Waals surface area contributed by atoms with Crippen LogP contribution in [0.2, 0.25) is 0 Å². The third-order valence-electron chi connectivity index (χ3n) is 5.74. The van der Waals surface area contributed by atoms with E-state index in [1.54, 1.807) is 13.3 Å². The molecule has 3 rings (SSSR count). The van der Waals surface area contributed by atoms with Crippen molar-refractivity contribution in [2.24, 2.45) is 10.4 Å². The Kier molecular flexibility index (Phi) is 10.1. The first-order chi connectivity index (χ1) is 14.1. The summed E-state index contributed by atoms with van der Waals surface area (Å²) >= 11 is 0. The van der Waals surface area contributed by atoms with Crippen molar-refractivity contribution < 1.29 is 9.15 Å². The van der Waals surface area contributed by atoms with Crippen molar-refractivity contribution in [3.63, 3.8) is 0 Å². The van der Waals surface area contributed by atoms with E-state index >= 15 is 0 Å². The van der Waals surface area contributed by atoms with Crippen molar-refractivity contribution in [1.82, 2.24) is 15.6 Å². The molecule has 0 spiro atoms. The Bertz CT molecular complexity index is 783. The van der Waals surface area contributed by atoms with Gasteiger partial charge in [0.15, 0.2) is 11.7 Å². The van der Waals surface area contributed by atoms with E-state index in [0.29, 0.717) is 17.9 Å². The van der Waals surface area contributed by atoms with Crippen molar-refractivity contribution in [2.75, 3.05) is 26.8 Å². The van der Waals surface area contributed by atoms with Crippen LogP contribution in [0.15, 0.2) is 39.9 Å². The van der Waals surface area contributed by atoms with Crippen LogP contribution in [0.4, 0.5) is 0 Å². The fourth-order valence-corrected chi connectivity index (χ4v) is 3.95. The minimum atomic E-state index is 0. The van der Waals surface area contributed by atoms with E-state index in [2.05, 4.69) is 58.7 Å². The number of oxazole rings is 1. The van der Waals surface area contributed by atoms with Gasteiger partial charge < -0.3 is 19.8 Å². The maximum Gasteiger partial charge on any atom is 0.216 e. The summed E-state index contributed by atoms with van der Waals surface area (Å²) in [6, 6.07) is 8.25. The number of methoxy groups -OCH3 is 1. The molecule has 6 nitrogen and oxygen atoms in total. The van der Waals surface area contributed by atoms with Crippen LogP contribution in [0.1, 0.15) is 50.5 Å². The second kappa shape index (κ2) is 12.3. The number of aliphatic imine (C=N–C) groups is 1. The zero-order valence-electron chi connectivity index (χ0n) is 18.4. The van der Waals surface area contributed by atoms with Gasteiger partial charge in [-0.2, -0.15) is 0 Å². The average Bonchev–Trinajstić information content (AvgIpc) is 3.39. The van der Waals surface area contributed by atoms with Crippen LogP contribution in [0.5, 0.6) is 0 Å². The zero-order chi connectivity index (χ0) is 20.5. The van der Waals surface area contributed by atoms with Crippen LogP contribution in [-0.4, -0.2) is 37.7 Å². The molecule has 2 aromatic rings. The van der Waals surface area contributed by atoms with Gasteiger partial charge in [0, 0.05) is 32.4 Å². The van der Waals surface area contributed by atoms with Crippen LogP contribution in [0, 0.1) is 12.3 Å². The zero-order valence-corrected chi connectivity index (χ0v) is 20.7. The quantitative estimate of drug-likeness (QED) is 0.276. The van der Waals surface area contributed by atoms with Crippen molar-refractivity contribution in [1.29, 1.82) is 0 Å². The molecule has 0 aliphatic heterocycles.